The van der Waals surface area contributed by atoms with Gasteiger partial charge in [0.2, 0.25) is 11.6 Å². The normalized spacial score (nSPS) is 11.1. The van der Waals surface area contributed by atoms with Crippen molar-refractivity contribution in [3.8, 4) is 30.6 Å². The molecule has 2 heterocycles. The second-order valence-electron chi connectivity index (χ2n) is 6.52. The fraction of sp³-hybridized carbons (Fsp3) is 0. The molecule has 2 aromatic carbocycles. The van der Waals surface area contributed by atoms with Crippen molar-refractivity contribution in [2.45, 2.75) is 0 Å². The summed E-state index contributed by atoms with van der Waals surface area (Å²) in [5, 5.41) is 0. The predicted octanol–water partition coefficient (Wildman–Crippen LogP) is 5.39. The van der Waals surface area contributed by atoms with Crippen molar-refractivity contribution >= 4 is 22.7 Å². The van der Waals surface area contributed by atoms with Gasteiger partial charge in [-0.1, -0.05) is 10.9 Å². The summed E-state index contributed by atoms with van der Waals surface area (Å²) >= 11 is 1.13. The number of hydrogen-bond acceptors (Lipinski definition) is 2. The first-order valence-corrected chi connectivity index (χ1v) is 10.2. The molecule has 0 aliphatic carbocycles. The Kier molecular flexibility index (Phi) is 7.49. The van der Waals surface area contributed by atoms with Crippen LogP contribution in [0.2, 0.25) is 0 Å². The summed E-state index contributed by atoms with van der Waals surface area (Å²) in [4.78, 5) is -0.481. The molecule has 2 aromatic heterocycles. The molecule has 34 heavy (non-hydrogen) atoms. The third-order valence-corrected chi connectivity index (χ3v) is 7.03. The van der Waals surface area contributed by atoms with Crippen LogP contribution in [0, 0.1) is 65.1 Å². The van der Waals surface area contributed by atoms with E-state index in [-0.39, 0.29) is 54.6 Å². The minimum absolute atomic E-state index is 0. The van der Waals surface area contributed by atoms with Crippen molar-refractivity contribution in [1.82, 2.24) is 0 Å². The van der Waals surface area contributed by atoms with Crippen LogP contribution < -0.4 is 29.6 Å². The van der Waals surface area contributed by atoms with Crippen molar-refractivity contribution in [3.05, 3.63) is 88.9 Å². The molecule has 13 heteroatoms. The van der Waals surface area contributed by atoms with E-state index >= 15 is 0 Å². The van der Waals surface area contributed by atoms with Gasteiger partial charge in [-0.25, -0.2) is 55.2 Å². The standard InChI is InChI=1S/C21H5F10S2.Na/c1-5-4-8(10-13(24)17(28)20(31)18(29)14(10)25)33-21(5)7-3-2-6(32-7)9-11(22)15(26)19(30)16(27)12(9)23;/h2-4H,1H2;/q-1;+1. The fourth-order valence-corrected chi connectivity index (χ4v) is 5.32. The molecule has 0 fully saturated rings. The van der Waals surface area contributed by atoms with E-state index in [4.69, 9.17) is 0 Å². The largest absolute Gasteiger partial charge is 1.00 e. The minimum Gasteiger partial charge on any atom is -0.216 e. The molecule has 172 valence electrons. The van der Waals surface area contributed by atoms with Crippen molar-refractivity contribution in [1.29, 1.82) is 0 Å². The van der Waals surface area contributed by atoms with Crippen LogP contribution in [-0.4, -0.2) is 0 Å². The smallest absolute Gasteiger partial charge is 0.216 e. The maximum Gasteiger partial charge on any atom is 1.00 e. The van der Waals surface area contributed by atoms with Gasteiger partial charge in [0.05, 0.1) is 11.1 Å². The van der Waals surface area contributed by atoms with E-state index in [1.807, 2.05) is 0 Å². The quantitative estimate of drug-likeness (QED) is 0.109. The van der Waals surface area contributed by atoms with Crippen LogP contribution >= 0.6 is 22.7 Å². The zero-order valence-electron chi connectivity index (χ0n) is 16.5. The van der Waals surface area contributed by atoms with Gasteiger partial charge in [0.25, 0.3) is 0 Å². The summed E-state index contributed by atoms with van der Waals surface area (Å²) in [7, 11) is 0. The second-order valence-corrected chi connectivity index (χ2v) is 8.65. The molecule has 4 rings (SSSR count). The Labute approximate surface area is 214 Å². The zero-order valence-corrected chi connectivity index (χ0v) is 20.2. The van der Waals surface area contributed by atoms with Crippen molar-refractivity contribution < 1.29 is 73.5 Å². The molecule has 0 bridgehead atoms. The molecule has 0 amide bonds. The van der Waals surface area contributed by atoms with E-state index in [1.54, 1.807) is 0 Å². The van der Waals surface area contributed by atoms with Gasteiger partial charge in [-0.2, -0.15) is 12.5 Å². The molecule has 0 saturated heterocycles. The third-order valence-electron chi connectivity index (χ3n) is 4.55. The van der Waals surface area contributed by atoms with Crippen LogP contribution in [0.5, 0.6) is 0 Å². The van der Waals surface area contributed by atoms with E-state index in [2.05, 4.69) is 6.92 Å². The van der Waals surface area contributed by atoms with Crippen molar-refractivity contribution in [2.75, 3.05) is 0 Å². The van der Waals surface area contributed by atoms with Crippen LogP contribution in [0.25, 0.3) is 30.6 Å². The number of thiophene rings is 2. The van der Waals surface area contributed by atoms with E-state index in [9.17, 15) is 43.9 Å². The van der Waals surface area contributed by atoms with Crippen LogP contribution in [0.1, 0.15) is 5.56 Å². The molecule has 0 radical (unpaired) electrons. The van der Waals surface area contributed by atoms with Crippen LogP contribution in [-0.2, 0) is 0 Å². The van der Waals surface area contributed by atoms with Gasteiger partial charge in [-0.05, 0) is 15.8 Å². The summed E-state index contributed by atoms with van der Waals surface area (Å²) in [5.41, 5.74) is -2.31. The van der Waals surface area contributed by atoms with Gasteiger partial charge in [0.15, 0.2) is 46.5 Å². The Bertz CT molecular complexity index is 1380. The molecule has 0 atom stereocenters. The number of rotatable bonds is 3. The first-order chi connectivity index (χ1) is 15.5. The van der Waals surface area contributed by atoms with Crippen molar-refractivity contribution in [2.24, 2.45) is 0 Å². The second kappa shape index (κ2) is 9.57. The van der Waals surface area contributed by atoms with E-state index in [0.29, 0.717) is 22.7 Å². The van der Waals surface area contributed by atoms with Gasteiger partial charge >= 0.3 is 29.6 Å². The van der Waals surface area contributed by atoms with E-state index < -0.39 is 69.3 Å². The summed E-state index contributed by atoms with van der Waals surface area (Å²) in [6, 6.07) is 3.31. The van der Waals surface area contributed by atoms with Gasteiger partial charge in [-0.3, -0.25) is 0 Å². The van der Waals surface area contributed by atoms with E-state index in [1.165, 1.54) is 6.07 Å². The van der Waals surface area contributed by atoms with Crippen LogP contribution in [0.15, 0.2) is 18.2 Å². The Hall–Kier alpha value is -1.99. The topological polar surface area (TPSA) is 0 Å². The van der Waals surface area contributed by atoms with E-state index in [0.717, 1.165) is 12.1 Å². The molecule has 0 unspecified atom stereocenters. The summed E-state index contributed by atoms with van der Waals surface area (Å²) < 4.78 is 137. The molecular formula is C21H5F10NaS2. The molecule has 4 aromatic rings. The maximum absolute atomic E-state index is 14.1. The van der Waals surface area contributed by atoms with Gasteiger partial charge in [0.1, 0.15) is 0 Å². The first kappa shape index (κ1) is 26.6. The van der Waals surface area contributed by atoms with Crippen LogP contribution in [0.4, 0.5) is 43.9 Å². The molecule has 0 spiro atoms. The Morgan fingerprint density at radius 3 is 1.26 bits per heavy atom. The molecule has 0 saturated carbocycles. The number of hydrogen-bond donors (Lipinski definition) is 0. The maximum atomic E-state index is 14.1. The molecule has 0 aliphatic rings. The Balaban J connectivity index is 0.00000324. The van der Waals surface area contributed by atoms with Crippen LogP contribution in [0.3, 0.4) is 0 Å². The SMILES string of the molecule is [CH2-]c1cc(-c2c(F)c(F)c(F)c(F)c2F)sc1-c1ccc(-c2c(F)c(F)c(F)c(F)c2F)s1.[Na+]. The number of benzene rings is 2. The average molecular weight is 534 g/mol. The molecular weight excluding hydrogens is 529 g/mol. The molecule has 0 N–H and O–H groups in total. The Morgan fingerprint density at radius 1 is 0.471 bits per heavy atom. The van der Waals surface area contributed by atoms with Gasteiger partial charge < -0.3 is 0 Å². The monoisotopic (exact) mass is 534 g/mol. The predicted molar refractivity (Wildman–Crippen MR) is 103 cm³/mol. The number of halogens is 10. The molecule has 0 nitrogen and oxygen atoms in total. The summed E-state index contributed by atoms with van der Waals surface area (Å²) in [6.45, 7) is 3.61. The minimum atomic E-state index is -2.33. The Morgan fingerprint density at radius 2 is 0.824 bits per heavy atom. The summed E-state index contributed by atoms with van der Waals surface area (Å²) in [6.07, 6.45) is 0. The van der Waals surface area contributed by atoms with Gasteiger partial charge in [0, 0.05) is 4.88 Å². The fourth-order valence-electron chi connectivity index (χ4n) is 3.00. The first-order valence-electron chi connectivity index (χ1n) is 8.55. The van der Waals surface area contributed by atoms with Gasteiger partial charge in [-0.15, -0.1) is 17.4 Å². The molecule has 0 aliphatic heterocycles. The third kappa shape index (κ3) is 4.05. The average Bonchev–Trinajstić information content (AvgIpc) is 3.40. The zero-order chi connectivity index (χ0) is 24.4. The van der Waals surface area contributed by atoms with Crippen molar-refractivity contribution in [3.63, 3.8) is 0 Å². The summed E-state index contributed by atoms with van der Waals surface area (Å²) in [5.74, 6) is -21.4.